The molecule has 0 atom stereocenters. The molecule has 0 radical (unpaired) electrons. The van der Waals surface area contributed by atoms with Gasteiger partial charge in [-0.05, 0) is 167 Å². The zero-order valence-corrected chi connectivity index (χ0v) is 45.7. The first-order valence-corrected chi connectivity index (χ1v) is 28.4. The summed E-state index contributed by atoms with van der Waals surface area (Å²) in [5.41, 5.74) is 33.1. The van der Waals surface area contributed by atoms with Crippen LogP contribution >= 0.6 is 0 Å². The summed E-state index contributed by atoms with van der Waals surface area (Å²) in [6.07, 6.45) is 4.63. The second-order valence-electron chi connectivity index (χ2n) is 26.9. The predicted octanol–water partition coefficient (Wildman–Crippen LogP) is 16.3. The van der Waals surface area contributed by atoms with Crippen LogP contribution in [0.15, 0.2) is 152 Å². The SMILES string of the molecule is Cc1ccc2c(c1)C1(c3cc(C)ccc3-2)c2ccc3c4c2-n2c5c(cc6c(c5c5c7c(cc1c52)C(C)(C)CCC7(C)C)C(C)(C)CCC6(C)C)B4c1c2ccccc2cc2c(-c4ccccc4)c(-c4ccccc4)n-3c12. The first-order chi connectivity index (χ1) is 36.5. The average Bonchev–Trinajstić information content (AvgIpc) is 4.24. The van der Waals surface area contributed by atoms with Crippen LogP contribution < -0.4 is 16.4 Å². The van der Waals surface area contributed by atoms with Crippen LogP contribution in [0.4, 0.5) is 0 Å². The molecule has 0 N–H and O–H groups in total. The average molecular weight is 979 g/mol. The second kappa shape index (κ2) is 13.8. The molecule has 2 aromatic heterocycles. The van der Waals surface area contributed by atoms with Crippen molar-refractivity contribution in [3.05, 3.63) is 207 Å². The largest absolute Gasteiger partial charge is 0.310 e. The van der Waals surface area contributed by atoms with E-state index in [9.17, 15) is 0 Å². The maximum Gasteiger partial charge on any atom is 0.253 e. The third kappa shape index (κ3) is 4.96. The van der Waals surface area contributed by atoms with Gasteiger partial charge in [-0.25, -0.2) is 0 Å². The maximum absolute atomic E-state index is 2.93. The molecule has 76 heavy (non-hydrogen) atoms. The molecule has 0 saturated heterocycles. The first-order valence-electron chi connectivity index (χ1n) is 28.4. The number of rotatable bonds is 2. The molecule has 11 aromatic rings. The number of benzene rings is 9. The zero-order valence-electron chi connectivity index (χ0n) is 45.7. The van der Waals surface area contributed by atoms with Crippen molar-refractivity contribution in [3.8, 4) is 44.9 Å². The minimum Gasteiger partial charge on any atom is -0.310 e. The Morgan fingerprint density at radius 2 is 0.987 bits per heavy atom. The van der Waals surface area contributed by atoms with Crippen molar-refractivity contribution in [2.24, 2.45) is 0 Å². The highest BCUT2D eigenvalue weighted by Gasteiger charge is 2.57. The number of aromatic nitrogens is 2. The van der Waals surface area contributed by atoms with Crippen LogP contribution in [0.1, 0.15) is 137 Å². The van der Waals surface area contributed by atoms with Gasteiger partial charge in [-0.2, -0.15) is 0 Å². The van der Waals surface area contributed by atoms with Gasteiger partial charge in [0.05, 0.1) is 22.1 Å². The molecule has 3 aliphatic heterocycles. The molecular formula is C73H63BN2. The lowest BCUT2D eigenvalue weighted by Gasteiger charge is -2.47. The molecule has 9 aromatic carbocycles. The third-order valence-corrected chi connectivity index (χ3v) is 20.8. The van der Waals surface area contributed by atoms with E-state index in [-0.39, 0.29) is 28.4 Å². The lowest BCUT2D eigenvalue weighted by molar-refractivity contribution is 0.333. The monoisotopic (exact) mass is 979 g/mol. The van der Waals surface area contributed by atoms with Crippen molar-refractivity contribution >= 4 is 66.6 Å². The van der Waals surface area contributed by atoms with Gasteiger partial charge < -0.3 is 9.13 Å². The Kier molecular flexibility index (Phi) is 7.95. The zero-order chi connectivity index (χ0) is 51.5. The highest BCUT2D eigenvalue weighted by molar-refractivity contribution is 7.01. The molecule has 3 aliphatic carbocycles. The molecule has 0 fully saturated rings. The molecule has 2 nitrogen and oxygen atoms in total. The third-order valence-electron chi connectivity index (χ3n) is 20.8. The van der Waals surface area contributed by atoms with Crippen LogP contribution in [0, 0.1) is 13.8 Å². The molecule has 0 amide bonds. The molecule has 17 rings (SSSR count). The number of hydrogen-bond acceptors (Lipinski definition) is 0. The van der Waals surface area contributed by atoms with E-state index in [1.807, 2.05) is 0 Å². The van der Waals surface area contributed by atoms with Gasteiger partial charge in [0, 0.05) is 38.6 Å². The quantitative estimate of drug-likeness (QED) is 0.153. The topological polar surface area (TPSA) is 9.86 Å². The Hall–Kier alpha value is -7.36. The Balaban J connectivity index is 1.20. The second-order valence-corrected chi connectivity index (χ2v) is 26.9. The molecule has 1 spiro atoms. The maximum atomic E-state index is 2.93. The lowest BCUT2D eigenvalue weighted by atomic mass is 9.33. The minimum atomic E-state index is -0.582. The van der Waals surface area contributed by atoms with Crippen molar-refractivity contribution in [2.45, 2.75) is 122 Å². The van der Waals surface area contributed by atoms with Crippen molar-refractivity contribution in [2.75, 3.05) is 0 Å². The molecule has 6 aliphatic rings. The number of hydrogen-bond donors (Lipinski definition) is 0. The van der Waals surface area contributed by atoms with Crippen molar-refractivity contribution in [1.29, 1.82) is 0 Å². The van der Waals surface area contributed by atoms with Crippen LogP contribution in [0.2, 0.25) is 0 Å². The molecule has 0 unspecified atom stereocenters. The smallest absolute Gasteiger partial charge is 0.253 e. The van der Waals surface area contributed by atoms with E-state index in [2.05, 4.69) is 230 Å². The first kappa shape index (κ1) is 43.8. The molecule has 0 saturated carbocycles. The highest BCUT2D eigenvalue weighted by atomic mass is 15.1. The summed E-state index contributed by atoms with van der Waals surface area (Å²) >= 11 is 0. The van der Waals surface area contributed by atoms with Crippen LogP contribution in [-0.4, -0.2) is 15.8 Å². The minimum absolute atomic E-state index is 0.0227. The van der Waals surface area contributed by atoms with E-state index in [0.717, 1.165) is 25.7 Å². The Bertz CT molecular complexity index is 4480. The van der Waals surface area contributed by atoms with Crippen LogP contribution in [0.25, 0.3) is 88.4 Å². The van der Waals surface area contributed by atoms with Gasteiger partial charge in [-0.15, -0.1) is 0 Å². The van der Waals surface area contributed by atoms with Crippen LogP contribution in [0.5, 0.6) is 0 Å². The number of aryl methyl sites for hydroxylation is 2. The summed E-state index contributed by atoms with van der Waals surface area (Å²) in [5.74, 6) is 0. The van der Waals surface area contributed by atoms with E-state index in [1.54, 1.807) is 33.0 Å². The molecule has 0 bridgehead atoms. The van der Waals surface area contributed by atoms with E-state index >= 15 is 0 Å². The normalized spacial score (nSPS) is 18.4. The van der Waals surface area contributed by atoms with E-state index in [1.165, 1.54) is 127 Å². The lowest BCUT2D eigenvalue weighted by Crippen LogP contribution is -2.61. The number of fused-ring (bicyclic) bond motifs is 17. The van der Waals surface area contributed by atoms with Gasteiger partial charge in [0.1, 0.15) is 0 Å². The van der Waals surface area contributed by atoms with Crippen LogP contribution in [0.3, 0.4) is 0 Å². The van der Waals surface area contributed by atoms with E-state index < -0.39 is 5.41 Å². The Morgan fingerprint density at radius 3 is 1.63 bits per heavy atom. The molecule has 5 heterocycles. The Labute approximate surface area is 447 Å². The van der Waals surface area contributed by atoms with Gasteiger partial charge in [-0.3, -0.25) is 0 Å². The Morgan fingerprint density at radius 1 is 0.421 bits per heavy atom. The van der Waals surface area contributed by atoms with Crippen molar-refractivity contribution < 1.29 is 0 Å². The highest BCUT2D eigenvalue weighted by Crippen LogP contribution is 2.65. The summed E-state index contributed by atoms with van der Waals surface area (Å²) in [6.45, 7) is 25.2. The summed E-state index contributed by atoms with van der Waals surface area (Å²) in [5, 5.41) is 7.06. The van der Waals surface area contributed by atoms with Gasteiger partial charge in [0.25, 0.3) is 6.71 Å². The standard InChI is InChI=1S/C73H63BN2/c1-40-25-27-46-47-28-26-41(2)36-51(47)73(50(46)35-40)49-29-30-56-63-67(49)76-66-54(73)38-52-60(71(7,8)33-31-69(52,3)4)58(66)59-61-53(70(5,6)32-34-72(61,9)10)39-55(68(59)76)74(63)62-45-24-18-17-23-44(45)37-48-57(42-19-13-11-14-20-42)64(75(56)65(48)62)43-21-15-12-16-22-43/h11-30,35-39H,31-34H2,1-10H3. The van der Waals surface area contributed by atoms with Crippen molar-refractivity contribution in [3.63, 3.8) is 0 Å². The van der Waals surface area contributed by atoms with Gasteiger partial charge in [-0.1, -0.05) is 206 Å². The van der Waals surface area contributed by atoms with Gasteiger partial charge in [0.2, 0.25) is 0 Å². The molecule has 3 heteroatoms. The summed E-state index contributed by atoms with van der Waals surface area (Å²) in [7, 11) is 0. The fourth-order valence-electron chi connectivity index (χ4n) is 17.2. The number of nitrogens with zero attached hydrogens (tertiary/aromatic N) is 2. The summed E-state index contributed by atoms with van der Waals surface area (Å²) in [4.78, 5) is 0. The van der Waals surface area contributed by atoms with Crippen molar-refractivity contribution in [1.82, 2.24) is 9.13 Å². The van der Waals surface area contributed by atoms with Gasteiger partial charge >= 0.3 is 0 Å². The van der Waals surface area contributed by atoms with Gasteiger partial charge in [0.15, 0.2) is 0 Å². The predicted molar refractivity (Wildman–Crippen MR) is 322 cm³/mol. The molecule has 368 valence electrons. The summed E-state index contributed by atoms with van der Waals surface area (Å²) < 4.78 is 5.68. The van der Waals surface area contributed by atoms with E-state index in [0.29, 0.717) is 0 Å². The summed E-state index contributed by atoms with van der Waals surface area (Å²) in [6, 6.07) is 60.2. The fraction of sp³-hybridized carbons (Fsp3) is 0.260. The van der Waals surface area contributed by atoms with Crippen LogP contribution in [-0.2, 0) is 27.1 Å². The molecular weight excluding hydrogens is 916 g/mol. The fourth-order valence-corrected chi connectivity index (χ4v) is 17.2. The van der Waals surface area contributed by atoms with E-state index in [4.69, 9.17) is 0 Å².